The molecule has 0 unspecified atom stereocenters. The highest BCUT2D eigenvalue weighted by molar-refractivity contribution is 6.00. The van der Waals surface area contributed by atoms with Crippen LogP contribution in [0.25, 0.3) is 11.0 Å². The number of hydrogen-bond acceptors (Lipinski definition) is 3. The van der Waals surface area contributed by atoms with Crippen LogP contribution in [0.15, 0.2) is 18.2 Å². The van der Waals surface area contributed by atoms with Gasteiger partial charge in [0.25, 0.3) is 5.91 Å². The van der Waals surface area contributed by atoms with Gasteiger partial charge >= 0.3 is 0 Å². The van der Waals surface area contributed by atoms with Crippen molar-refractivity contribution in [3.8, 4) is 0 Å². The zero-order chi connectivity index (χ0) is 18.0. The molecule has 2 aromatic rings. The van der Waals surface area contributed by atoms with E-state index >= 15 is 0 Å². The van der Waals surface area contributed by atoms with Crippen LogP contribution in [0.3, 0.4) is 0 Å². The normalized spacial score (nSPS) is 16.6. The molecule has 1 aromatic carbocycles. The van der Waals surface area contributed by atoms with E-state index in [1.165, 1.54) is 6.92 Å². The Morgan fingerprint density at radius 1 is 1.24 bits per heavy atom. The second kappa shape index (κ2) is 6.86. The van der Waals surface area contributed by atoms with Crippen LogP contribution in [0.5, 0.6) is 0 Å². The van der Waals surface area contributed by atoms with Gasteiger partial charge in [-0.2, -0.15) is 0 Å². The second-order valence-electron chi connectivity index (χ2n) is 6.95. The third-order valence-electron chi connectivity index (χ3n) is 5.00. The maximum absolute atomic E-state index is 13.1. The first-order valence-electron chi connectivity index (χ1n) is 9.02. The van der Waals surface area contributed by atoms with Crippen molar-refractivity contribution >= 4 is 28.8 Å². The Morgan fingerprint density at radius 3 is 2.60 bits per heavy atom. The third-order valence-corrected chi connectivity index (χ3v) is 5.00. The van der Waals surface area contributed by atoms with Crippen molar-refractivity contribution in [2.45, 2.75) is 65.0 Å². The maximum atomic E-state index is 13.1. The van der Waals surface area contributed by atoms with Gasteiger partial charge in [-0.3, -0.25) is 14.9 Å². The third kappa shape index (κ3) is 3.38. The molecule has 0 radical (unpaired) electrons. The van der Waals surface area contributed by atoms with E-state index in [-0.39, 0.29) is 11.8 Å². The van der Waals surface area contributed by atoms with Gasteiger partial charge in [0.2, 0.25) is 11.9 Å². The molecule has 0 saturated heterocycles. The minimum absolute atomic E-state index is 0.163. The number of aryl methyl sites for hydroxylation is 2. The zero-order valence-electron chi connectivity index (χ0n) is 15.2. The molecule has 2 amide bonds. The Hall–Kier alpha value is -2.37. The van der Waals surface area contributed by atoms with Crippen LogP contribution in [0.1, 0.15) is 51.5 Å². The molecule has 6 heteroatoms. The first kappa shape index (κ1) is 17.5. The van der Waals surface area contributed by atoms with Crippen molar-refractivity contribution in [3.63, 3.8) is 0 Å². The predicted octanol–water partition coefficient (Wildman–Crippen LogP) is 3.14. The minimum Gasteiger partial charge on any atom is -0.342 e. The molecule has 1 heterocycles. The molecule has 0 bridgehead atoms. The van der Waals surface area contributed by atoms with E-state index in [9.17, 15) is 9.59 Å². The highest BCUT2D eigenvalue weighted by atomic mass is 16.2. The van der Waals surface area contributed by atoms with E-state index in [1.54, 1.807) is 0 Å². The van der Waals surface area contributed by atoms with E-state index in [1.807, 2.05) is 36.6 Å². The molecular weight excluding hydrogens is 316 g/mol. The van der Waals surface area contributed by atoms with E-state index < -0.39 is 5.54 Å². The van der Waals surface area contributed by atoms with Crippen LogP contribution in [0.2, 0.25) is 0 Å². The summed E-state index contributed by atoms with van der Waals surface area (Å²) < 4.78 is 2.00. The number of carbonyl (C=O) groups is 2. The molecule has 6 nitrogen and oxygen atoms in total. The Morgan fingerprint density at radius 2 is 1.96 bits per heavy atom. The van der Waals surface area contributed by atoms with Crippen LogP contribution >= 0.6 is 0 Å². The number of imidazole rings is 1. The van der Waals surface area contributed by atoms with Gasteiger partial charge in [0.15, 0.2) is 0 Å². The molecule has 1 aliphatic rings. The fourth-order valence-corrected chi connectivity index (χ4v) is 3.78. The van der Waals surface area contributed by atoms with Crippen LogP contribution in [0.4, 0.5) is 5.95 Å². The standard InChI is InChI=1S/C19H26N4O2/c1-4-23-16-9-8-13(2)12-15(16)20-18(23)21-17(25)19(22-14(3)24)10-6-5-7-11-19/h8-9,12H,4-7,10-11H2,1-3H3,(H,22,24)(H,20,21,25). The molecule has 0 spiro atoms. The van der Waals surface area contributed by atoms with Gasteiger partial charge in [-0.25, -0.2) is 4.98 Å². The van der Waals surface area contributed by atoms with E-state index in [2.05, 4.69) is 15.6 Å². The minimum atomic E-state index is -0.823. The van der Waals surface area contributed by atoms with Crippen molar-refractivity contribution in [1.82, 2.24) is 14.9 Å². The number of amides is 2. The Kier molecular flexibility index (Phi) is 4.79. The quantitative estimate of drug-likeness (QED) is 0.896. The molecule has 1 fully saturated rings. The first-order valence-corrected chi connectivity index (χ1v) is 9.02. The van der Waals surface area contributed by atoms with Crippen molar-refractivity contribution in [1.29, 1.82) is 0 Å². The van der Waals surface area contributed by atoms with Crippen molar-refractivity contribution in [2.75, 3.05) is 5.32 Å². The summed E-state index contributed by atoms with van der Waals surface area (Å²) in [6.07, 6.45) is 4.32. The number of benzene rings is 1. The molecule has 2 N–H and O–H groups in total. The summed E-state index contributed by atoms with van der Waals surface area (Å²) >= 11 is 0. The summed E-state index contributed by atoms with van der Waals surface area (Å²) in [5.41, 5.74) is 2.18. The number of nitrogens with zero attached hydrogens (tertiary/aromatic N) is 2. The maximum Gasteiger partial charge on any atom is 0.252 e. The number of anilines is 1. The zero-order valence-corrected chi connectivity index (χ0v) is 15.2. The lowest BCUT2D eigenvalue weighted by atomic mass is 9.81. The summed E-state index contributed by atoms with van der Waals surface area (Å²) in [6, 6.07) is 6.09. The lowest BCUT2D eigenvalue weighted by Crippen LogP contribution is -2.57. The van der Waals surface area contributed by atoms with Crippen molar-refractivity contribution in [3.05, 3.63) is 23.8 Å². The van der Waals surface area contributed by atoms with Crippen LogP contribution in [-0.4, -0.2) is 26.9 Å². The summed E-state index contributed by atoms with van der Waals surface area (Å²) in [4.78, 5) is 29.3. The molecule has 134 valence electrons. The number of aromatic nitrogens is 2. The van der Waals surface area contributed by atoms with Crippen molar-refractivity contribution < 1.29 is 9.59 Å². The van der Waals surface area contributed by atoms with Crippen LogP contribution in [-0.2, 0) is 16.1 Å². The van der Waals surface area contributed by atoms with Gasteiger partial charge < -0.3 is 9.88 Å². The van der Waals surface area contributed by atoms with Crippen molar-refractivity contribution in [2.24, 2.45) is 0 Å². The SMILES string of the molecule is CCn1c(NC(=O)C2(NC(C)=O)CCCCC2)nc2cc(C)ccc21. The molecule has 1 aromatic heterocycles. The van der Waals surface area contributed by atoms with Gasteiger partial charge in [0.05, 0.1) is 11.0 Å². The van der Waals surface area contributed by atoms with Gasteiger partial charge in [-0.1, -0.05) is 25.3 Å². The number of carbonyl (C=O) groups excluding carboxylic acids is 2. The monoisotopic (exact) mass is 342 g/mol. The molecule has 1 saturated carbocycles. The highest BCUT2D eigenvalue weighted by Gasteiger charge is 2.40. The molecule has 0 atom stereocenters. The fourth-order valence-electron chi connectivity index (χ4n) is 3.78. The molecule has 1 aliphatic carbocycles. The first-order chi connectivity index (χ1) is 11.9. The Labute approximate surface area is 148 Å². The number of hydrogen-bond donors (Lipinski definition) is 2. The van der Waals surface area contributed by atoms with Crippen LogP contribution in [0, 0.1) is 6.92 Å². The fraction of sp³-hybridized carbons (Fsp3) is 0.526. The molecular formula is C19H26N4O2. The summed E-state index contributed by atoms with van der Waals surface area (Å²) in [5, 5.41) is 5.89. The average Bonchev–Trinajstić information content (AvgIpc) is 2.91. The lowest BCUT2D eigenvalue weighted by Gasteiger charge is -2.36. The van der Waals surface area contributed by atoms with Gasteiger partial charge in [0, 0.05) is 13.5 Å². The molecule has 0 aliphatic heterocycles. The number of nitrogens with one attached hydrogen (secondary N) is 2. The van der Waals surface area contributed by atoms with Gasteiger partial charge in [-0.05, 0) is 44.4 Å². The number of fused-ring (bicyclic) bond motifs is 1. The van der Waals surface area contributed by atoms with Gasteiger partial charge in [0.1, 0.15) is 5.54 Å². The van der Waals surface area contributed by atoms with E-state index in [0.717, 1.165) is 35.9 Å². The molecule has 25 heavy (non-hydrogen) atoms. The lowest BCUT2D eigenvalue weighted by molar-refractivity contribution is -0.130. The summed E-state index contributed by atoms with van der Waals surface area (Å²) in [7, 11) is 0. The topological polar surface area (TPSA) is 76.0 Å². The second-order valence-corrected chi connectivity index (χ2v) is 6.95. The Balaban J connectivity index is 1.93. The highest BCUT2D eigenvalue weighted by Crippen LogP contribution is 2.30. The Bertz CT molecular complexity index is 803. The smallest absolute Gasteiger partial charge is 0.252 e. The number of rotatable bonds is 4. The average molecular weight is 342 g/mol. The van der Waals surface area contributed by atoms with E-state index in [0.29, 0.717) is 25.3 Å². The largest absolute Gasteiger partial charge is 0.342 e. The summed E-state index contributed by atoms with van der Waals surface area (Å²) in [5.74, 6) is 0.212. The summed E-state index contributed by atoms with van der Waals surface area (Å²) in [6.45, 7) is 6.23. The molecule has 3 rings (SSSR count). The van der Waals surface area contributed by atoms with E-state index in [4.69, 9.17) is 0 Å². The predicted molar refractivity (Wildman–Crippen MR) is 98.4 cm³/mol. The van der Waals surface area contributed by atoms with Crippen LogP contribution < -0.4 is 10.6 Å². The van der Waals surface area contributed by atoms with Gasteiger partial charge in [-0.15, -0.1) is 0 Å².